The van der Waals surface area contributed by atoms with Gasteiger partial charge in [-0.3, -0.25) is 9.69 Å². The molecule has 5 nitrogen and oxygen atoms in total. The van der Waals surface area contributed by atoms with E-state index in [9.17, 15) is 9.18 Å². The standard InChI is InChI=1S/C22H25FN4OS2/c23-17-6-7-19-20(16-17)30-22(25-19)27-13-11-26(12-14-27)10-9-24-21(28)8-15-29-18-4-2-1-3-5-18/h1-7,16H,8-15H2,(H,24,28). The SMILES string of the molecule is O=C(CCSc1ccccc1)NCCN1CCN(c2nc3ccc(F)cc3s2)CC1. The number of carbonyl (C=O) groups is 1. The smallest absolute Gasteiger partial charge is 0.220 e. The molecule has 0 atom stereocenters. The summed E-state index contributed by atoms with van der Waals surface area (Å²) in [5.74, 6) is 0.683. The number of amides is 1. The number of nitrogens with zero attached hydrogens (tertiary/aromatic N) is 3. The van der Waals surface area contributed by atoms with Crippen LogP contribution in [0.25, 0.3) is 10.2 Å². The van der Waals surface area contributed by atoms with E-state index in [-0.39, 0.29) is 11.7 Å². The fourth-order valence-corrected chi connectivity index (χ4v) is 5.32. The van der Waals surface area contributed by atoms with Gasteiger partial charge in [0, 0.05) is 56.3 Å². The van der Waals surface area contributed by atoms with E-state index >= 15 is 0 Å². The van der Waals surface area contributed by atoms with Crippen LogP contribution in [0.15, 0.2) is 53.4 Å². The molecule has 0 aliphatic carbocycles. The lowest BCUT2D eigenvalue weighted by molar-refractivity contribution is -0.120. The van der Waals surface area contributed by atoms with Crippen LogP contribution >= 0.6 is 23.1 Å². The number of thioether (sulfide) groups is 1. The maximum atomic E-state index is 13.4. The number of nitrogens with one attached hydrogen (secondary N) is 1. The minimum atomic E-state index is -0.219. The molecule has 0 unspecified atom stereocenters. The van der Waals surface area contributed by atoms with Gasteiger partial charge in [0.2, 0.25) is 5.91 Å². The maximum absolute atomic E-state index is 13.4. The Kier molecular flexibility index (Phi) is 7.20. The first-order valence-electron chi connectivity index (χ1n) is 10.2. The molecule has 2 heterocycles. The van der Waals surface area contributed by atoms with Crippen LogP contribution in [0.1, 0.15) is 6.42 Å². The van der Waals surface area contributed by atoms with E-state index in [4.69, 9.17) is 0 Å². The van der Waals surface area contributed by atoms with Crippen LogP contribution in [-0.2, 0) is 4.79 Å². The van der Waals surface area contributed by atoms with E-state index in [1.54, 1.807) is 35.2 Å². The number of thiazole rings is 1. The number of benzene rings is 2. The lowest BCUT2D eigenvalue weighted by Crippen LogP contribution is -2.48. The maximum Gasteiger partial charge on any atom is 0.220 e. The topological polar surface area (TPSA) is 48.5 Å². The quantitative estimate of drug-likeness (QED) is 0.535. The number of piperazine rings is 1. The van der Waals surface area contributed by atoms with Crippen molar-refractivity contribution in [2.45, 2.75) is 11.3 Å². The summed E-state index contributed by atoms with van der Waals surface area (Å²) >= 11 is 3.25. The van der Waals surface area contributed by atoms with Crippen LogP contribution in [0.3, 0.4) is 0 Å². The first kappa shape index (κ1) is 21.1. The van der Waals surface area contributed by atoms with Crippen molar-refractivity contribution < 1.29 is 9.18 Å². The van der Waals surface area contributed by atoms with Crippen LogP contribution in [0.2, 0.25) is 0 Å². The molecule has 158 valence electrons. The van der Waals surface area contributed by atoms with E-state index in [1.807, 2.05) is 18.2 Å². The van der Waals surface area contributed by atoms with Crippen molar-refractivity contribution in [3.63, 3.8) is 0 Å². The Morgan fingerprint density at radius 2 is 1.93 bits per heavy atom. The van der Waals surface area contributed by atoms with Gasteiger partial charge in [0.05, 0.1) is 10.2 Å². The molecule has 8 heteroatoms. The Morgan fingerprint density at radius 1 is 1.13 bits per heavy atom. The number of halogens is 1. The van der Waals surface area contributed by atoms with E-state index < -0.39 is 0 Å². The van der Waals surface area contributed by atoms with Crippen molar-refractivity contribution in [2.24, 2.45) is 0 Å². The number of hydrogen-bond donors (Lipinski definition) is 1. The molecular formula is C22H25FN4OS2. The molecule has 0 spiro atoms. The summed E-state index contributed by atoms with van der Waals surface area (Å²) in [6.45, 7) is 5.19. The first-order valence-corrected chi connectivity index (χ1v) is 12.0. The Bertz CT molecular complexity index is 974. The molecule has 4 rings (SSSR count). The zero-order valence-electron chi connectivity index (χ0n) is 16.7. The summed E-state index contributed by atoms with van der Waals surface area (Å²) < 4.78 is 14.3. The number of aromatic nitrogens is 1. The third kappa shape index (κ3) is 5.71. The van der Waals surface area contributed by atoms with Crippen molar-refractivity contribution in [1.82, 2.24) is 15.2 Å². The molecule has 0 radical (unpaired) electrons. The molecule has 1 aromatic heterocycles. The molecule has 1 fully saturated rings. The van der Waals surface area contributed by atoms with Crippen LogP contribution < -0.4 is 10.2 Å². The number of anilines is 1. The molecule has 1 saturated heterocycles. The summed E-state index contributed by atoms with van der Waals surface area (Å²) in [5, 5.41) is 3.99. The van der Waals surface area contributed by atoms with Gasteiger partial charge in [-0.25, -0.2) is 9.37 Å². The van der Waals surface area contributed by atoms with Crippen molar-refractivity contribution in [1.29, 1.82) is 0 Å². The van der Waals surface area contributed by atoms with Crippen LogP contribution in [0.5, 0.6) is 0 Å². The van der Waals surface area contributed by atoms with Crippen molar-refractivity contribution in [3.05, 3.63) is 54.3 Å². The predicted octanol–water partition coefficient (Wildman–Crippen LogP) is 3.86. The molecular weight excluding hydrogens is 419 g/mol. The van der Waals surface area contributed by atoms with E-state index in [2.05, 4.69) is 32.2 Å². The van der Waals surface area contributed by atoms with Gasteiger partial charge in [0.15, 0.2) is 5.13 Å². The van der Waals surface area contributed by atoms with Gasteiger partial charge >= 0.3 is 0 Å². The van der Waals surface area contributed by atoms with Crippen molar-refractivity contribution in [2.75, 3.05) is 49.9 Å². The normalized spacial score (nSPS) is 14.9. The lowest BCUT2D eigenvalue weighted by atomic mass is 10.3. The molecule has 1 aliphatic heterocycles. The number of carbonyl (C=O) groups excluding carboxylic acids is 1. The zero-order valence-corrected chi connectivity index (χ0v) is 18.4. The highest BCUT2D eigenvalue weighted by Gasteiger charge is 2.19. The second-order valence-electron chi connectivity index (χ2n) is 7.20. The Hall–Kier alpha value is -2.16. The van der Waals surface area contributed by atoms with Gasteiger partial charge < -0.3 is 10.2 Å². The average Bonchev–Trinajstić information content (AvgIpc) is 3.18. The number of hydrogen-bond acceptors (Lipinski definition) is 6. The largest absolute Gasteiger partial charge is 0.355 e. The number of fused-ring (bicyclic) bond motifs is 1. The second kappa shape index (κ2) is 10.2. The minimum Gasteiger partial charge on any atom is -0.355 e. The molecule has 0 saturated carbocycles. The van der Waals surface area contributed by atoms with Gasteiger partial charge in [-0.2, -0.15) is 0 Å². The summed E-state index contributed by atoms with van der Waals surface area (Å²) in [4.78, 5) is 22.5. The Labute approximate surface area is 184 Å². The monoisotopic (exact) mass is 444 g/mol. The van der Waals surface area contributed by atoms with Crippen LogP contribution in [0.4, 0.5) is 9.52 Å². The van der Waals surface area contributed by atoms with Crippen molar-refractivity contribution >= 4 is 44.4 Å². The molecule has 1 aliphatic rings. The van der Waals surface area contributed by atoms with Gasteiger partial charge in [-0.15, -0.1) is 11.8 Å². The molecule has 30 heavy (non-hydrogen) atoms. The first-order chi connectivity index (χ1) is 14.7. The molecule has 1 amide bonds. The van der Waals surface area contributed by atoms with Crippen molar-refractivity contribution in [3.8, 4) is 0 Å². The zero-order chi connectivity index (χ0) is 20.8. The van der Waals surface area contributed by atoms with Gasteiger partial charge in [0.25, 0.3) is 0 Å². The Balaban J connectivity index is 1.14. The molecule has 1 N–H and O–H groups in total. The summed E-state index contributed by atoms with van der Waals surface area (Å²) in [5.41, 5.74) is 0.854. The fraction of sp³-hybridized carbons (Fsp3) is 0.364. The average molecular weight is 445 g/mol. The van der Waals surface area contributed by atoms with Crippen LogP contribution in [0, 0.1) is 5.82 Å². The highest BCUT2D eigenvalue weighted by atomic mass is 32.2. The van der Waals surface area contributed by atoms with Gasteiger partial charge in [0.1, 0.15) is 5.82 Å². The highest BCUT2D eigenvalue weighted by molar-refractivity contribution is 7.99. The summed E-state index contributed by atoms with van der Waals surface area (Å²) in [6, 6.07) is 14.9. The fourth-order valence-electron chi connectivity index (χ4n) is 3.40. The Morgan fingerprint density at radius 3 is 2.73 bits per heavy atom. The third-order valence-corrected chi connectivity index (χ3v) is 7.17. The molecule has 0 bridgehead atoms. The van der Waals surface area contributed by atoms with E-state index in [1.165, 1.54) is 11.0 Å². The van der Waals surface area contributed by atoms with Crippen LogP contribution in [-0.4, -0.2) is 60.8 Å². The van der Waals surface area contributed by atoms with Gasteiger partial charge in [-0.1, -0.05) is 29.5 Å². The predicted molar refractivity (Wildman–Crippen MR) is 123 cm³/mol. The molecule has 2 aromatic carbocycles. The number of rotatable bonds is 8. The second-order valence-corrected chi connectivity index (χ2v) is 9.38. The minimum absolute atomic E-state index is 0.110. The lowest BCUT2D eigenvalue weighted by Gasteiger charge is -2.34. The van der Waals surface area contributed by atoms with Gasteiger partial charge in [-0.05, 0) is 30.3 Å². The van der Waals surface area contributed by atoms with E-state index in [0.717, 1.165) is 53.8 Å². The summed E-state index contributed by atoms with van der Waals surface area (Å²) in [7, 11) is 0. The molecule has 3 aromatic rings. The highest BCUT2D eigenvalue weighted by Crippen LogP contribution is 2.29. The third-order valence-electron chi connectivity index (χ3n) is 5.07. The van der Waals surface area contributed by atoms with E-state index in [0.29, 0.717) is 13.0 Å². The summed E-state index contributed by atoms with van der Waals surface area (Å²) in [6.07, 6.45) is 0.533.